The molecule has 0 atom stereocenters. The number of nitrogens with one attached hydrogen (secondary N) is 1. The molecule has 0 radical (unpaired) electrons. The number of halogens is 1. The Bertz CT molecular complexity index is 874. The SMILES string of the molecule is O=C(Nc1ccc(F)cc1)c1cccc(S(=O)(=O)N2CCCCCC2)c1. The van der Waals surface area contributed by atoms with Crippen molar-refractivity contribution in [3.05, 3.63) is 59.9 Å². The molecule has 1 N–H and O–H groups in total. The number of anilines is 1. The Morgan fingerprint density at radius 2 is 1.62 bits per heavy atom. The number of benzene rings is 2. The fourth-order valence-electron chi connectivity index (χ4n) is 2.97. The van der Waals surface area contributed by atoms with Gasteiger partial charge in [0, 0.05) is 24.3 Å². The molecule has 2 aromatic rings. The average molecular weight is 376 g/mol. The van der Waals surface area contributed by atoms with Gasteiger partial charge in [-0.2, -0.15) is 4.31 Å². The van der Waals surface area contributed by atoms with Gasteiger partial charge in [-0.05, 0) is 55.3 Å². The number of hydrogen-bond donors (Lipinski definition) is 1. The summed E-state index contributed by atoms with van der Waals surface area (Å²) in [7, 11) is -3.62. The van der Waals surface area contributed by atoms with E-state index >= 15 is 0 Å². The van der Waals surface area contributed by atoms with E-state index in [1.807, 2.05) is 0 Å². The van der Waals surface area contributed by atoms with Crippen LogP contribution in [0.3, 0.4) is 0 Å². The highest BCUT2D eigenvalue weighted by Gasteiger charge is 2.25. The van der Waals surface area contributed by atoms with Gasteiger partial charge in [-0.15, -0.1) is 0 Å². The van der Waals surface area contributed by atoms with Crippen LogP contribution in [0.1, 0.15) is 36.0 Å². The Balaban J connectivity index is 1.80. The number of rotatable bonds is 4. The Hall–Kier alpha value is -2.25. The summed E-state index contributed by atoms with van der Waals surface area (Å²) in [5, 5.41) is 2.64. The second kappa shape index (κ2) is 7.97. The molecule has 26 heavy (non-hydrogen) atoms. The van der Waals surface area contributed by atoms with Crippen LogP contribution in [0.4, 0.5) is 10.1 Å². The highest BCUT2D eigenvalue weighted by atomic mass is 32.2. The molecule has 3 rings (SSSR count). The minimum Gasteiger partial charge on any atom is -0.322 e. The largest absolute Gasteiger partial charge is 0.322 e. The van der Waals surface area contributed by atoms with Crippen molar-refractivity contribution in [1.82, 2.24) is 4.31 Å². The van der Waals surface area contributed by atoms with Gasteiger partial charge in [-0.1, -0.05) is 18.9 Å². The van der Waals surface area contributed by atoms with Crippen molar-refractivity contribution in [2.75, 3.05) is 18.4 Å². The van der Waals surface area contributed by atoms with Gasteiger partial charge in [0.1, 0.15) is 5.82 Å². The van der Waals surface area contributed by atoms with Crippen LogP contribution in [0.25, 0.3) is 0 Å². The third-order valence-corrected chi connectivity index (χ3v) is 6.30. The molecule has 0 unspecified atom stereocenters. The molecule has 0 aliphatic carbocycles. The first-order chi connectivity index (χ1) is 12.5. The minimum absolute atomic E-state index is 0.117. The predicted octanol–water partition coefficient (Wildman–Crippen LogP) is 3.64. The normalized spacial score (nSPS) is 16.0. The van der Waals surface area contributed by atoms with Gasteiger partial charge in [0.25, 0.3) is 5.91 Å². The van der Waals surface area contributed by atoms with Crippen LogP contribution in [0, 0.1) is 5.82 Å². The number of carbonyl (C=O) groups is 1. The number of nitrogens with zero attached hydrogens (tertiary/aromatic N) is 1. The standard InChI is InChI=1S/C19H21FN2O3S/c20-16-8-10-17(11-9-16)21-19(23)15-6-5-7-18(14-15)26(24,25)22-12-3-1-2-4-13-22/h5-11,14H,1-4,12-13H2,(H,21,23). The lowest BCUT2D eigenvalue weighted by molar-refractivity contribution is 0.102. The first-order valence-electron chi connectivity index (χ1n) is 8.64. The van der Waals surface area contributed by atoms with Gasteiger partial charge < -0.3 is 5.32 Å². The fourth-order valence-corrected chi connectivity index (χ4v) is 4.53. The molecule has 5 nitrogen and oxygen atoms in total. The van der Waals surface area contributed by atoms with Gasteiger partial charge >= 0.3 is 0 Å². The smallest absolute Gasteiger partial charge is 0.255 e. The van der Waals surface area contributed by atoms with Crippen molar-refractivity contribution in [3.8, 4) is 0 Å². The maximum absolute atomic E-state index is 13.0. The Kier molecular flexibility index (Phi) is 5.68. The van der Waals surface area contributed by atoms with Gasteiger partial charge in [0.05, 0.1) is 4.90 Å². The number of carbonyl (C=O) groups excluding carboxylic acids is 1. The lowest BCUT2D eigenvalue weighted by Gasteiger charge is -2.20. The van der Waals surface area contributed by atoms with Crippen LogP contribution in [0.2, 0.25) is 0 Å². The van der Waals surface area contributed by atoms with E-state index in [2.05, 4.69) is 5.32 Å². The molecule has 0 aromatic heterocycles. The minimum atomic E-state index is -3.62. The summed E-state index contributed by atoms with van der Waals surface area (Å²) in [6.07, 6.45) is 3.77. The van der Waals surface area contributed by atoms with Gasteiger partial charge in [0.2, 0.25) is 10.0 Å². The molecule has 1 fully saturated rings. The molecule has 138 valence electrons. The van der Waals surface area contributed by atoms with Crippen molar-refractivity contribution in [2.24, 2.45) is 0 Å². The second-order valence-electron chi connectivity index (χ2n) is 6.31. The molecule has 7 heteroatoms. The highest BCUT2D eigenvalue weighted by Crippen LogP contribution is 2.21. The van der Waals surface area contributed by atoms with E-state index in [1.165, 1.54) is 40.7 Å². The van der Waals surface area contributed by atoms with Crippen molar-refractivity contribution in [3.63, 3.8) is 0 Å². The molecule has 1 saturated heterocycles. The third-order valence-electron chi connectivity index (χ3n) is 4.40. The molecule has 0 spiro atoms. The van der Waals surface area contributed by atoms with Crippen molar-refractivity contribution in [1.29, 1.82) is 0 Å². The number of hydrogen-bond acceptors (Lipinski definition) is 3. The highest BCUT2D eigenvalue weighted by molar-refractivity contribution is 7.89. The maximum atomic E-state index is 13.0. The summed E-state index contributed by atoms with van der Waals surface area (Å²) in [6.45, 7) is 1.02. The molecule has 1 aliphatic rings. The second-order valence-corrected chi connectivity index (χ2v) is 8.25. The molecule has 1 heterocycles. The van der Waals surface area contributed by atoms with Crippen molar-refractivity contribution < 1.29 is 17.6 Å². The average Bonchev–Trinajstić information content (AvgIpc) is 2.94. The van der Waals surface area contributed by atoms with Gasteiger partial charge in [0.15, 0.2) is 0 Å². The Morgan fingerprint density at radius 3 is 2.27 bits per heavy atom. The van der Waals surface area contributed by atoms with E-state index in [-0.39, 0.29) is 10.5 Å². The third kappa shape index (κ3) is 4.28. The van der Waals surface area contributed by atoms with Crippen molar-refractivity contribution >= 4 is 21.6 Å². The lowest BCUT2D eigenvalue weighted by atomic mass is 10.2. The monoisotopic (exact) mass is 376 g/mol. The molecule has 0 bridgehead atoms. The number of amides is 1. The van der Waals surface area contributed by atoms with Gasteiger partial charge in [-0.3, -0.25) is 4.79 Å². The maximum Gasteiger partial charge on any atom is 0.255 e. The van der Waals surface area contributed by atoms with E-state index in [4.69, 9.17) is 0 Å². The van der Waals surface area contributed by atoms with E-state index in [0.29, 0.717) is 18.8 Å². The number of sulfonamides is 1. The van der Waals surface area contributed by atoms with Crippen molar-refractivity contribution in [2.45, 2.75) is 30.6 Å². The van der Waals surface area contributed by atoms with Crippen LogP contribution in [-0.2, 0) is 10.0 Å². The quantitative estimate of drug-likeness (QED) is 0.886. The fraction of sp³-hybridized carbons (Fsp3) is 0.316. The first-order valence-corrected chi connectivity index (χ1v) is 10.1. The molecule has 1 aliphatic heterocycles. The van der Waals surface area contributed by atoms with Crippen LogP contribution in [0.5, 0.6) is 0 Å². The molecule has 0 saturated carbocycles. The van der Waals surface area contributed by atoms with Crippen LogP contribution < -0.4 is 5.32 Å². The van der Waals surface area contributed by atoms with Crippen LogP contribution in [-0.4, -0.2) is 31.7 Å². The molecule has 2 aromatic carbocycles. The van der Waals surface area contributed by atoms with Crippen LogP contribution >= 0.6 is 0 Å². The topological polar surface area (TPSA) is 66.5 Å². The van der Waals surface area contributed by atoms with Gasteiger partial charge in [-0.25, -0.2) is 12.8 Å². The molecular weight excluding hydrogens is 355 g/mol. The molecule has 1 amide bonds. The summed E-state index contributed by atoms with van der Waals surface area (Å²) in [5.74, 6) is -0.835. The summed E-state index contributed by atoms with van der Waals surface area (Å²) in [4.78, 5) is 12.5. The van der Waals surface area contributed by atoms with Crippen LogP contribution in [0.15, 0.2) is 53.4 Å². The first kappa shape index (κ1) is 18.5. The summed E-state index contributed by atoms with van der Waals surface area (Å²) in [5.41, 5.74) is 0.683. The molecular formula is C19H21FN2O3S. The zero-order valence-electron chi connectivity index (χ0n) is 14.3. The summed E-state index contributed by atoms with van der Waals surface area (Å²) < 4.78 is 40.2. The zero-order valence-corrected chi connectivity index (χ0v) is 15.1. The lowest BCUT2D eigenvalue weighted by Crippen LogP contribution is -2.32. The summed E-state index contributed by atoms with van der Waals surface area (Å²) >= 11 is 0. The van der Waals surface area contributed by atoms with E-state index in [1.54, 1.807) is 12.1 Å². The Labute approximate surface area is 152 Å². The van der Waals surface area contributed by atoms with E-state index in [9.17, 15) is 17.6 Å². The Morgan fingerprint density at radius 1 is 0.962 bits per heavy atom. The zero-order chi connectivity index (χ0) is 18.6. The summed E-state index contributed by atoms with van der Waals surface area (Å²) in [6, 6.07) is 11.4. The predicted molar refractivity (Wildman–Crippen MR) is 98.0 cm³/mol. The van der Waals surface area contributed by atoms with E-state index in [0.717, 1.165) is 25.7 Å². The van der Waals surface area contributed by atoms with E-state index < -0.39 is 21.7 Å².